The van der Waals surface area contributed by atoms with Gasteiger partial charge in [-0.3, -0.25) is 4.79 Å². The second kappa shape index (κ2) is 7.60. The van der Waals surface area contributed by atoms with E-state index in [1.807, 2.05) is 25.1 Å². The van der Waals surface area contributed by atoms with Gasteiger partial charge in [-0.25, -0.2) is 9.97 Å². The van der Waals surface area contributed by atoms with Crippen LogP contribution in [0.1, 0.15) is 40.0 Å². The molecule has 140 valence electrons. The zero-order chi connectivity index (χ0) is 19.0. The fourth-order valence-electron chi connectivity index (χ4n) is 3.53. The lowest BCUT2D eigenvalue weighted by Gasteiger charge is -2.18. The van der Waals surface area contributed by atoms with Crippen molar-refractivity contribution in [3.8, 4) is 5.75 Å². The lowest BCUT2D eigenvalue weighted by atomic mass is 9.89. The number of hydrogen-bond donors (Lipinski definition) is 0. The number of nitrogens with zero attached hydrogens (tertiary/aromatic N) is 2. The van der Waals surface area contributed by atoms with Crippen molar-refractivity contribution in [1.82, 2.24) is 9.97 Å². The number of methoxy groups -OCH3 is 1. The van der Waals surface area contributed by atoms with E-state index in [1.54, 1.807) is 24.5 Å². The molecule has 1 aliphatic rings. The first kappa shape index (κ1) is 18.4. The minimum atomic E-state index is 0.0843. The summed E-state index contributed by atoms with van der Waals surface area (Å²) in [5, 5.41) is 2.12. The molecule has 1 atom stereocenters. The Balaban J connectivity index is 1.62. The molecule has 6 heteroatoms. The smallest absolute Gasteiger partial charge is 0.173 e. The molecule has 0 radical (unpaired) electrons. The zero-order valence-electron chi connectivity index (χ0n) is 15.7. The van der Waals surface area contributed by atoms with Gasteiger partial charge in [-0.2, -0.15) is 0 Å². The number of aryl methyl sites for hydroxylation is 2. The van der Waals surface area contributed by atoms with Crippen LogP contribution >= 0.6 is 23.1 Å². The average Bonchev–Trinajstić information content (AvgIpc) is 3.02. The predicted molar refractivity (Wildman–Crippen MR) is 111 cm³/mol. The van der Waals surface area contributed by atoms with Gasteiger partial charge in [0.25, 0.3) is 0 Å². The Bertz CT molecular complexity index is 1010. The van der Waals surface area contributed by atoms with Crippen molar-refractivity contribution in [2.75, 3.05) is 12.9 Å². The number of hydrogen-bond acceptors (Lipinski definition) is 6. The highest BCUT2D eigenvalue weighted by molar-refractivity contribution is 8.00. The molecular formula is C21H22N2O2S2. The number of carbonyl (C=O) groups is 1. The van der Waals surface area contributed by atoms with E-state index in [1.165, 1.54) is 34.0 Å². The summed E-state index contributed by atoms with van der Waals surface area (Å²) in [5.74, 6) is 2.64. The fraction of sp³-hybridized carbons (Fsp3) is 0.381. The molecule has 1 aliphatic carbocycles. The van der Waals surface area contributed by atoms with Crippen LogP contribution in [-0.4, -0.2) is 28.6 Å². The molecule has 3 aromatic rings. The van der Waals surface area contributed by atoms with Crippen molar-refractivity contribution in [1.29, 1.82) is 0 Å². The van der Waals surface area contributed by atoms with Crippen LogP contribution in [0.2, 0.25) is 0 Å². The Labute approximate surface area is 167 Å². The van der Waals surface area contributed by atoms with Crippen LogP contribution in [0.15, 0.2) is 29.3 Å². The number of ether oxygens (including phenoxy) is 1. The normalized spacial score (nSPS) is 16.3. The van der Waals surface area contributed by atoms with Gasteiger partial charge in [0, 0.05) is 15.8 Å². The first-order chi connectivity index (χ1) is 13.0. The summed E-state index contributed by atoms with van der Waals surface area (Å²) in [4.78, 5) is 24.5. The van der Waals surface area contributed by atoms with E-state index in [4.69, 9.17) is 4.74 Å². The molecule has 27 heavy (non-hydrogen) atoms. The second-order valence-corrected chi connectivity index (χ2v) is 9.10. The number of benzene rings is 1. The molecule has 0 spiro atoms. The summed E-state index contributed by atoms with van der Waals surface area (Å²) in [6, 6.07) is 7.32. The molecule has 0 aliphatic heterocycles. The molecule has 4 rings (SSSR count). The molecule has 1 aromatic carbocycles. The molecule has 0 N–H and O–H groups in total. The van der Waals surface area contributed by atoms with Gasteiger partial charge in [0.05, 0.1) is 12.9 Å². The van der Waals surface area contributed by atoms with Gasteiger partial charge in [0.2, 0.25) is 0 Å². The summed E-state index contributed by atoms with van der Waals surface area (Å²) in [6.45, 7) is 4.24. The standard InChI is InChI=1S/C21H22N2O2S2/c1-12-7-8-16-18(9-12)27-21-19(16)20(22-13(2)23-21)26-11-17(24)14-5-4-6-15(10-14)25-3/h4-6,10,12H,7-9,11H2,1-3H3/t12-/m1/s1. The third-order valence-corrected chi connectivity index (χ3v) is 7.09. The fourth-order valence-corrected chi connectivity index (χ4v) is 6.02. The lowest BCUT2D eigenvalue weighted by molar-refractivity contribution is 0.102. The highest BCUT2D eigenvalue weighted by Crippen LogP contribution is 2.41. The number of ketones is 1. The molecule has 2 heterocycles. The number of fused-ring (bicyclic) bond motifs is 3. The molecule has 0 bridgehead atoms. The molecule has 0 fully saturated rings. The van der Waals surface area contributed by atoms with Gasteiger partial charge in [0.15, 0.2) is 5.78 Å². The zero-order valence-corrected chi connectivity index (χ0v) is 17.4. The van der Waals surface area contributed by atoms with Gasteiger partial charge >= 0.3 is 0 Å². The lowest BCUT2D eigenvalue weighted by Crippen LogP contribution is -2.09. The third-order valence-electron chi connectivity index (χ3n) is 4.97. The number of carbonyl (C=O) groups excluding carboxylic acids is 1. The average molecular weight is 399 g/mol. The molecule has 0 unspecified atom stereocenters. The number of Topliss-reactive ketones (excluding diaryl/α,β-unsaturated/α-hetero) is 1. The van der Waals surface area contributed by atoms with Crippen LogP contribution in [0.4, 0.5) is 0 Å². The van der Waals surface area contributed by atoms with Crippen LogP contribution in [0.3, 0.4) is 0 Å². The molecule has 4 nitrogen and oxygen atoms in total. The summed E-state index contributed by atoms with van der Waals surface area (Å²) in [5.41, 5.74) is 2.08. The van der Waals surface area contributed by atoms with Gasteiger partial charge in [-0.15, -0.1) is 11.3 Å². The number of aromatic nitrogens is 2. The summed E-state index contributed by atoms with van der Waals surface area (Å²) < 4.78 is 5.22. The van der Waals surface area contributed by atoms with Crippen molar-refractivity contribution >= 4 is 39.1 Å². The number of rotatable bonds is 5. The minimum absolute atomic E-state index is 0.0843. The van der Waals surface area contributed by atoms with Gasteiger partial charge in [0.1, 0.15) is 21.4 Å². The predicted octanol–water partition coefficient (Wildman–Crippen LogP) is 5.11. The Morgan fingerprint density at radius 3 is 3.04 bits per heavy atom. The summed E-state index contributed by atoms with van der Waals surface area (Å²) in [7, 11) is 1.61. The first-order valence-electron chi connectivity index (χ1n) is 9.14. The SMILES string of the molecule is COc1cccc(C(=O)CSc2nc(C)nc3sc4c(c23)CC[C@@H](C)C4)c1. The van der Waals surface area contributed by atoms with E-state index in [2.05, 4.69) is 16.9 Å². The van der Waals surface area contributed by atoms with Crippen LogP contribution in [-0.2, 0) is 12.8 Å². The molecule has 2 aromatic heterocycles. The third kappa shape index (κ3) is 3.73. The van der Waals surface area contributed by atoms with E-state index in [9.17, 15) is 4.79 Å². The Hall–Kier alpha value is -1.92. The quantitative estimate of drug-likeness (QED) is 0.340. The Morgan fingerprint density at radius 2 is 2.22 bits per heavy atom. The summed E-state index contributed by atoms with van der Waals surface area (Å²) >= 11 is 3.33. The van der Waals surface area contributed by atoms with E-state index >= 15 is 0 Å². The highest BCUT2D eigenvalue weighted by Gasteiger charge is 2.24. The van der Waals surface area contributed by atoms with Crippen LogP contribution in [0.25, 0.3) is 10.2 Å². The van der Waals surface area contributed by atoms with Crippen LogP contribution < -0.4 is 4.74 Å². The molecule has 0 saturated carbocycles. The van der Waals surface area contributed by atoms with E-state index < -0.39 is 0 Å². The second-order valence-electron chi connectivity index (χ2n) is 7.05. The van der Waals surface area contributed by atoms with Gasteiger partial charge in [-0.05, 0) is 49.8 Å². The van der Waals surface area contributed by atoms with Crippen LogP contribution in [0.5, 0.6) is 5.75 Å². The van der Waals surface area contributed by atoms with Crippen molar-refractivity contribution < 1.29 is 9.53 Å². The maximum atomic E-state index is 12.7. The molecule has 0 amide bonds. The molecule has 0 saturated heterocycles. The van der Waals surface area contributed by atoms with Crippen LogP contribution in [0, 0.1) is 12.8 Å². The van der Waals surface area contributed by atoms with Crippen molar-refractivity contribution in [2.45, 2.75) is 38.1 Å². The van der Waals surface area contributed by atoms with Crippen molar-refractivity contribution in [3.05, 3.63) is 46.1 Å². The minimum Gasteiger partial charge on any atom is -0.497 e. The monoisotopic (exact) mass is 398 g/mol. The van der Waals surface area contributed by atoms with E-state index in [-0.39, 0.29) is 5.78 Å². The maximum Gasteiger partial charge on any atom is 0.173 e. The number of thiophene rings is 1. The topological polar surface area (TPSA) is 52.1 Å². The van der Waals surface area contributed by atoms with Gasteiger partial charge < -0.3 is 4.74 Å². The Kier molecular flexibility index (Phi) is 5.19. The van der Waals surface area contributed by atoms with E-state index in [0.717, 1.165) is 34.4 Å². The van der Waals surface area contributed by atoms with E-state index in [0.29, 0.717) is 17.1 Å². The molecular weight excluding hydrogens is 376 g/mol. The van der Waals surface area contributed by atoms with Gasteiger partial charge in [-0.1, -0.05) is 30.8 Å². The van der Waals surface area contributed by atoms with Crippen molar-refractivity contribution in [3.63, 3.8) is 0 Å². The maximum absolute atomic E-state index is 12.7. The Morgan fingerprint density at radius 1 is 1.37 bits per heavy atom. The summed E-state index contributed by atoms with van der Waals surface area (Å²) in [6.07, 6.45) is 3.42. The highest BCUT2D eigenvalue weighted by atomic mass is 32.2. The van der Waals surface area contributed by atoms with Crippen molar-refractivity contribution in [2.24, 2.45) is 5.92 Å². The first-order valence-corrected chi connectivity index (χ1v) is 10.9. The largest absolute Gasteiger partial charge is 0.497 e. The number of thioether (sulfide) groups is 1.